The second-order valence-electron chi connectivity index (χ2n) is 4.27. The monoisotopic (exact) mass is 280 g/mol. The van der Waals surface area contributed by atoms with Crippen LogP contribution in [0.25, 0.3) is 0 Å². The Hall–Kier alpha value is -2.50. The fourth-order valence-electron chi connectivity index (χ4n) is 1.52. The molecule has 0 spiro atoms. The fraction of sp³-hybridized carbons (Fsp3) is 0.286. The van der Waals surface area contributed by atoms with Gasteiger partial charge in [0.25, 0.3) is 0 Å². The third kappa shape index (κ3) is 5.43. The largest absolute Gasteiger partial charge is 0.508 e. The number of phenols is 2. The highest BCUT2D eigenvalue weighted by atomic mass is 16.5. The van der Waals surface area contributed by atoms with Crippen molar-refractivity contribution in [3.63, 3.8) is 0 Å². The van der Waals surface area contributed by atoms with Crippen molar-refractivity contribution in [2.24, 2.45) is 0 Å². The summed E-state index contributed by atoms with van der Waals surface area (Å²) in [5, 5.41) is 27.0. The molecule has 1 rings (SSSR count). The van der Waals surface area contributed by atoms with Crippen LogP contribution in [0.1, 0.15) is 25.7 Å². The molecule has 108 valence electrons. The number of rotatable bonds is 7. The summed E-state index contributed by atoms with van der Waals surface area (Å²) in [7, 11) is 0. The van der Waals surface area contributed by atoms with Crippen LogP contribution < -0.4 is 4.74 Å². The van der Waals surface area contributed by atoms with Crippen LogP contribution in [0.5, 0.6) is 17.2 Å². The number of phenolic OH excluding ortho intramolecular Hbond substituents is 2. The molecule has 1 aromatic carbocycles. The number of benzene rings is 1. The molecule has 0 fully saturated rings. The van der Waals surface area contributed by atoms with Crippen LogP contribution in [0.2, 0.25) is 0 Å². The predicted octanol–water partition coefficient (Wildman–Crippen LogP) is 2.20. The van der Waals surface area contributed by atoms with Crippen molar-refractivity contribution in [1.29, 1.82) is 0 Å². The molecule has 0 atom stereocenters. The van der Waals surface area contributed by atoms with E-state index in [1.807, 2.05) is 0 Å². The molecule has 0 heterocycles. The highest BCUT2D eigenvalue weighted by Crippen LogP contribution is 2.26. The minimum Gasteiger partial charge on any atom is -0.508 e. The Morgan fingerprint density at radius 2 is 1.60 bits per heavy atom. The van der Waals surface area contributed by atoms with Gasteiger partial charge in [-0.3, -0.25) is 4.79 Å². The number of ether oxygens (including phenoxy) is 1. The number of hydrogen-bond acceptors (Lipinski definition) is 5. The Labute approximate surface area is 115 Å². The Morgan fingerprint density at radius 3 is 2.15 bits per heavy atom. The van der Waals surface area contributed by atoms with E-state index in [2.05, 4.69) is 6.58 Å². The maximum atomic E-state index is 11.5. The lowest BCUT2D eigenvalue weighted by atomic mass is 10.1. The number of carbonyl (C=O) groups is 2. The van der Waals surface area contributed by atoms with E-state index in [-0.39, 0.29) is 29.2 Å². The molecule has 6 heteroatoms. The molecule has 0 saturated carbocycles. The van der Waals surface area contributed by atoms with Crippen molar-refractivity contribution in [2.75, 3.05) is 0 Å². The normalized spacial score (nSPS) is 10.0. The zero-order valence-corrected chi connectivity index (χ0v) is 10.8. The van der Waals surface area contributed by atoms with E-state index in [0.29, 0.717) is 19.3 Å². The van der Waals surface area contributed by atoms with Crippen LogP contribution in [0.3, 0.4) is 0 Å². The number of carboxylic acid groups (broad SMARTS) is 1. The van der Waals surface area contributed by atoms with E-state index >= 15 is 0 Å². The van der Waals surface area contributed by atoms with E-state index in [1.54, 1.807) is 0 Å². The quantitative estimate of drug-likeness (QED) is 0.306. The molecular weight excluding hydrogens is 264 g/mol. The molecule has 3 N–H and O–H groups in total. The Bertz CT molecular complexity index is 500. The number of carboxylic acids is 1. The molecule has 0 unspecified atom stereocenters. The average molecular weight is 280 g/mol. The number of unbranched alkanes of at least 4 members (excludes halogenated alkanes) is 1. The average Bonchev–Trinajstić information content (AvgIpc) is 2.32. The number of hydrogen-bond donors (Lipinski definition) is 3. The van der Waals surface area contributed by atoms with Gasteiger partial charge in [-0.15, -0.1) is 0 Å². The lowest BCUT2D eigenvalue weighted by Crippen LogP contribution is -2.07. The second kappa shape index (κ2) is 7.18. The molecule has 0 aliphatic carbocycles. The highest BCUT2D eigenvalue weighted by molar-refractivity contribution is 5.85. The van der Waals surface area contributed by atoms with Crippen LogP contribution >= 0.6 is 0 Å². The van der Waals surface area contributed by atoms with Gasteiger partial charge in [-0.1, -0.05) is 6.58 Å². The first-order valence-electron chi connectivity index (χ1n) is 6.03. The SMILES string of the molecule is C=C(CCCCC(=O)Oc1cc(O)cc(O)c1)C(=O)O. The van der Waals surface area contributed by atoms with Crippen molar-refractivity contribution >= 4 is 11.9 Å². The van der Waals surface area contributed by atoms with Gasteiger partial charge in [0.2, 0.25) is 0 Å². The van der Waals surface area contributed by atoms with Gasteiger partial charge in [0.15, 0.2) is 0 Å². The van der Waals surface area contributed by atoms with E-state index < -0.39 is 11.9 Å². The predicted molar refractivity (Wildman–Crippen MR) is 70.7 cm³/mol. The Balaban J connectivity index is 2.33. The molecule has 0 radical (unpaired) electrons. The third-order valence-corrected chi connectivity index (χ3v) is 2.52. The van der Waals surface area contributed by atoms with E-state index in [4.69, 9.17) is 9.84 Å². The maximum absolute atomic E-state index is 11.5. The summed E-state index contributed by atoms with van der Waals surface area (Å²) in [6.45, 7) is 3.39. The zero-order chi connectivity index (χ0) is 15.1. The summed E-state index contributed by atoms with van der Waals surface area (Å²) in [5.74, 6) is -1.91. The summed E-state index contributed by atoms with van der Waals surface area (Å²) < 4.78 is 4.93. The number of esters is 1. The van der Waals surface area contributed by atoms with Gasteiger partial charge in [-0.05, 0) is 19.3 Å². The van der Waals surface area contributed by atoms with Crippen LogP contribution in [0.4, 0.5) is 0 Å². The van der Waals surface area contributed by atoms with Gasteiger partial charge >= 0.3 is 11.9 Å². The highest BCUT2D eigenvalue weighted by Gasteiger charge is 2.08. The van der Waals surface area contributed by atoms with Crippen molar-refractivity contribution in [3.05, 3.63) is 30.4 Å². The number of aliphatic carboxylic acids is 1. The molecule has 0 amide bonds. The van der Waals surface area contributed by atoms with Crippen LogP contribution in [-0.2, 0) is 9.59 Å². The molecule has 6 nitrogen and oxygen atoms in total. The molecule has 1 aromatic rings. The van der Waals surface area contributed by atoms with Crippen LogP contribution in [0.15, 0.2) is 30.4 Å². The van der Waals surface area contributed by atoms with Crippen LogP contribution in [0, 0.1) is 0 Å². The summed E-state index contributed by atoms with van der Waals surface area (Å²) >= 11 is 0. The van der Waals surface area contributed by atoms with Gasteiger partial charge < -0.3 is 20.1 Å². The van der Waals surface area contributed by atoms with E-state index in [9.17, 15) is 19.8 Å². The number of aromatic hydroxyl groups is 2. The smallest absolute Gasteiger partial charge is 0.330 e. The summed E-state index contributed by atoms with van der Waals surface area (Å²) in [5.41, 5.74) is 0.108. The van der Waals surface area contributed by atoms with Crippen molar-refractivity contribution in [1.82, 2.24) is 0 Å². The maximum Gasteiger partial charge on any atom is 0.330 e. The van der Waals surface area contributed by atoms with Crippen molar-refractivity contribution < 1.29 is 29.6 Å². The third-order valence-electron chi connectivity index (χ3n) is 2.52. The summed E-state index contributed by atoms with van der Waals surface area (Å²) in [4.78, 5) is 22.0. The molecule has 0 saturated heterocycles. The van der Waals surface area contributed by atoms with Crippen molar-refractivity contribution in [3.8, 4) is 17.2 Å². The Morgan fingerprint density at radius 1 is 1.05 bits per heavy atom. The topological polar surface area (TPSA) is 104 Å². The fourth-order valence-corrected chi connectivity index (χ4v) is 1.52. The van der Waals surface area contributed by atoms with Gasteiger partial charge in [-0.25, -0.2) is 4.79 Å². The zero-order valence-electron chi connectivity index (χ0n) is 10.8. The summed E-state index contributed by atoms with van der Waals surface area (Å²) in [6.07, 6.45) is 1.42. The number of carbonyl (C=O) groups excluding carboxylic acids is 1. The van der Waals surface area contributed by atoms with Gasteiger partial charge in [0.05, 0.1) is 0 Å². The van der Waals surface area contributed by atoms with Gasteiger partial charge in [-0.2, -0.15) is 0 Å². The standard InChI is InChI=1S/C14H16O6/c1-9(14(18)19)4-2-3-5-13(17)20-12-7-10(15)6-11(16)8-12/h6-8,15-16H,1-5H2,(H,18,19). The minimum absolute atomic E-state index is 0.0578. The molecule has 0 aromatic heterocycles. The molecule has 20 heavy (non-hydrogen) atoms. The van der Waals surface area contributed by atoms with E-state index in [1.165, 1.54) is 12.1 Å². The van der Waals surface area contributed by atoms with Gasteiger partial charge in [0, 0.05) is 30.2 Å². The first kappa shape index (κ1) is 15.6. The minimum atomic E-state index is -1.04. The van der Waals surface area contributed by atoms with Crippen molar-refractivity contribution in [2.45, 2.75) is 25.7 Å². The Kier molecular flexibility index (Phi) is 5.58. The molecular formula is C14H16O6. The first-order chi connectivity index (χ1) is 9.38. The molecule has 0 aliphatic heterocycles. The van der Waals surface area contributed by atoms with Gasteiger partial charge in [0.1, 0.15) is 17.2 Å². The van der Waals surface area contributed by atoms with E-state index in [0.717, 1.165) is 6.07 Å². The molecule has 0 bridgehead atoms. The summed E-state index contributed by atoms with van der Waals surface area (Å²) in [6, 6.07) is 3.54. The lowest BCUT2D eigenvalue weighted by molar-refractivity contribution is -0.134. The molecule has 0 aliphatic rings. The first-order valence-corrected chi connectivity index (χ1v) is 6.03. The second-order valence-corrected chi connectivity index (χ2v) is 4.27. The lowest BCUT2D eigenvalue weighted by Gasteiger charge is -2.05. The van der Waals surface area contributed by atoms with Crippen LogP contribution in [-0.4, -0.2) is 27.3 Å².